The Morgan fingerprint density at radius 1 is 1.35 bits per heavy atom. The zero-order valence-corrected chi connectivity index (χ0v) is 12.1. The number of amides is 2. The number of nitrogens with one attached hydrogen (secondary N) is 2. The zero-order chi connectivity index (χ0) is 14.7. The van der Waals surface area contributed by atoms with Gasteiger partial charge in [-0.1, -0.05) is 13.8 Å². The van der Waals surface area contributed by atoms with Crippen LogP contribution in [0, 0.1) is 5.92 Å². The molecule has 0 radical (unpaired) electrons. The Labute approximate surface area is 118 Å². The van der Waals surface area contributed by atoms with Gasteiger partial charge in [-0.05, 0) is 12.3 Å². The molecule has 1 aliphatic rings. The van der Waals surface area contributed by atoms with Gasteiger partial charge < -0.3 is 15.2 Å². The van der Waals surface area contributed by atoms with Gasteiger partial charge in [0.05, 0.1) is 6.54 Å². The predicted octanol–water partition coefficient (Wildman–Crippen LogP) is 0.00120. The average Bonchev–Trinajstić information content (AvgIpc) is 2.95. The first-order valence-corrected chi connectivity index (χ1v) is 6.94. The molecule has 0 bridgehead atoms. The van der Waals surface area contributed by atoms with Crippen LogP contribution in [0.15, 0.2) is 0 Å². The largest absolute Gasteiger partial charge is 0.347 e. The van der Waals surface area contributed by atoms with Crippen molar-refractivity contribution in [3.63, 3.8) is 0 Å². The van der Waals surface area contributed by atoms with Crippen LogP contribution >= 0.6 is 0 Å². The Morgan fingerprint density at radius 3 is 2.75 bits per heavy atom. The lowest BCUT2D eigenvalue weighted by atomic mass is 10.0. The van der Waals surface area contributed by atoms with Crippen LogP contribution in [0.4, 0.5) is 0 Å². The molecule has 0 saturated carbocycles. The molecule has 20 heavy (non-hydrogen) atoms. The van der Waals surface area contributed by atoms with Crippen LogP contribution < -0.4 is 10.6 Å². The normalized spacial score (nSPS) is 15.0. The summed E-state index contributed by atoms with van der Waals surface area (Å²) in [5.74, 6) is 1.39. The molecule has 2 N–H and O–H groups in total. The minimum Gasteiger partial charge on any atom is -0.347 e. The van der Waals surface area contributed by atoms with Gasteiger partial charge in [-0.2, -0.15) is 0 Å². The second-order valence-electron chi connectivity index (χ2n) is 5.43. The van der Waals surface area contributed by atoms with Gasteiger partial charge in [0.1, 0.15) is 11.9 Å². The van der Waals surface area contributed by atoms with Gasteiger partial charge in [0.2, 0.25) is 11.8 Å². The quantitative estimate of drug-likeness (QED) is 0.794. The number of aryl methyl sites for hydroxylation is 1. The Hall–Kier alpha value is -1.92. The SMILES string of the molecule is CC(=O)N[C@H](C(=O)NCc1nnc2n1CCC2)C(C)C. The van der Waals surface area contributed by atoms with Crippen LogP contribution in [-0.4, -0.2) is 32.6 Å². The minimum absolute atomic E-state index is 0.0306. The van der Waals surface area contributed by atoms with Crippen molar-refractivity contribution in [3.05, 3.63) is 11.6 Å². The molecule has 7 heteroatoms. The third-order valence-corrected chi connectivity index (χ3v) is 3.41. The van der Waals surface area contributed by atoms with Crippen LogP contribution in [0.1, 0.15) is 38.8 Å². The number of aromatic nitrogens is 3. The Morgan fingerprint density at radius 2 is 2.10 bits per heavy atom. The summed E-state index contributed by atoms with van der Waals surface area (Å²) in [6.07, 6.45) is 2.02. The fraction of sp³-hybridized carbons (Fsp3) is 0.692. The van der Waals surface area contributed by atoms with E-state index in [1.165, 1.54) is 6.92 Å². The topological polar surface area (TPSA) is 88.9 Å². The van der Waals surface area contributed by atoms with E-state index in [4.69, 9.17) is 0 Å². The van der Waals surface area contributed by atoms with Gasteiger partial charge in [0.25, 0.3) is 0 Å². The van der Waals surface area contributed by atoms with Crippen molar-refractivity contribution >= 4 is 11.8 Å². The van der Waals surface area contributed by atoms with E-state index in [0.29, 0.717) is 6.54 Å². The summed E-state index contributed by atoms with van der Waals surface area (Å²) in [7, 11) is 0. The lowest BCUT2D eigenvalue weighted by Gasteiger charge is -2.20. The molecule has 0 spiro atoms. The monoisotopic (exact) mass is 279 g/mol. The molecule has 1 aromatic rings. The van der Waals surface area contributed by atoms with Crippen molar-refractivity contribution < 1.29 is 9.59 Å². The number of carbonyl (C=O) groups excluding carboxylic acids is 2. The van der Waals surface area contributed by atoms with E-state index in [9.17, 15) is 9.59 Å². The van der Waals surface area contributed by atoms with Crippen molar-refractivity contribution in [2.45, 2.75) is 52.7 Å². The molecule has 1 aromatic heterocycles. The van der Waals surface area contributed by atoms with Gasteiger partial charge in [-0.25, -0.2) is 0 Å². The van der Waals surface area contributed by atoms with Crippen molar-refractivity contribution in [2.24, 2.45) is 5.92 Å². The van der Waals surface area contributed by atoms with Crippen molar-refractivity contribution in [1.29, 1.82) is 0 Å². The van der Waals surface area contributed by atoms with Gasteiger partial charge in [-0.15, -0.1) is 10.2 Å². The average molecular weight is 279 g/mol. The van der Waals surface area contributed by atoms with E-state index in [1.54, 1.807) is 0 Å². The molecule has 2 amide bonds. The van der Waals surface area contributed by atoms with Crippen LogP contribution in [0.3, 0.4) is 0 Å². The highest BCUT2D eigenvalue weighted by atomic mass is 16.2. The molecular weight excluding hydrogens is 258 g/mol. The molecule has 1 atom stereocenters. The minimum atomic E-state index is -0.520. The maximum absolute atomic E-state index is 12.1. The molecule has 0 unspecified atom stereocenters. The smallest absolute Gasteiger partial charge is 0.243 e. The first-order chi connectivity index (χ1) is 9.49. The number of rotatable bonds is 5. The molecule has 0 aromatic carbocycles. The van der Waals surface area contributed by atoms with Gasteiger partial charge in [-0.3, -0.25) is 9.59 Å². The molecule has 110 valence electrons. The first kappa shape index (κ1) is 14.5. The third-order valence-electron chi connectivity index (χ3n) is 3.41. The Kier molecular flexibility index (Phi) is 4.36. The summed E-state index contributed by atoms with van der Waals surface area (Å²) in [5, 5.41) is 13.7. The summed E-state index contributed by atoms with van der Waals surface area (Å²) in [4.78, 5) is 23.3. The van der Waals surface area contributed by atoms with E-state index in [-0.39, 0.29) is 17.7 Å². The molecule has 0 aliphatic carbocycles. The standard InChI is InChI=1S/C13H21N5O2/c1-8(2)12(15-9(3)19)13(20)14-7-11-17-16-10-5-4-6-18(10)11/h8,12H,4-7H2,1-3H3,(H,14,20)(H,15,19)/t12-/m0/s1. The van der Waals surface area contributed by atoms with Crippen molar-refractivity contribution in [2.75, 3.05) is 0 Å². The number of carbonyl (C=O) groups is 2. The molecule has 2 rings (SSSR count). The summed E-state index contributed by atoms with van der Waals surface area (Å²) >= 11 is 0. The lowest BCUT2D eigenvalue weighted by molar-refractivity contribution is -0.129. The number of hydrogen-bond acceptors (Lipinski definition) is 4. The van der Waals surface area contributed by atoms with Crippen LogP contribution in [0.25, 0.3) is 0 Å². The highest BCUT2D eigenvalue weighted by molar-refractivity contribution is 5.86. The maximum Gasteiger partial charge on any atom is 0.243 e. The fourth-order valence-electron chi connectivity index (χ4n) is 2.37. The summed E-state index contributed by atoms with van der Waals surface area (Å²) in [6, 6.07) is -0.520. The van der Waals surface area contributed by atoms with Crippen molar-refractivity contribution in [3.8, 4) is 0 Å². The second kappa shape index (κ2) is 6.02. The third kappa shape index (κ3) is 3.15. The maximum atomic E-state index is 12.1. The lowest BCUT2D eigenvalue weighted by Crippen LogP contribution is -2.49. The van der Waals surface area contributed by atoms with Gasteiger partial charge >= 0.3 is 0 Å². The first-order valence-electron chi connectivity index (χ1n) is 6.94. The summed E-state index contributed by atoms with van der Waals surface area (Å²) < 4.78 is 2.04. The highest BCUT2D eigenvalue weighted by Gasteiger charge is 2.24. The van der Waals surface area contributed by atoms with Crippen LogP contribution in [0.2, 0.25) is 0 Å². The fourth-order valence-corrected chi connectivity index (χ4v) is 2.37. The molecule has 1 aliphatic heterocycles. The highest BCUT2D eigenvalue weighted by Crippen LogP contribution is 2.13. The molecule has 7 nitrogen and oxygen atoms in total. The Bertz CT molecular complexity index is 509. The van der Waals surface area contributed by atoms with Crippen molar-refractivity contribution in [1.82, 2.24) is 25.4 Å². The van der Waals surface area contributed by atoms with E-state index >= 15 is 0 Å². The van der Waals surface area contributed by atoms with Crippen LogP contribution in [-0.2, 0) is 29.1 Å². The second-order valence-corrected chi connectivity index (χ2v) is 5.43. The Balaban J connectivity index is 1.94. The zero-order valence-electron chi connectivity index (χ0n) is 12.1. The number of fused-ring (bicyclic) bond motifs is 1. The van der Waals surface area contributed by atoms with Crippen LogP contribution in [0.5, 0.6) is 0 Å². The summed E-state index contributed by atoms with van der Waals surface area (Å²) in [5.41, 5.74) is 0. The van der Waals surface area contributed by atoms with E-state index in [0.717, 1.165) is 31.0 Å². The molecular formula is C13H21N5O2. The van der Waals surface area contributed by atoms with E-state index < -0.39 is 6.04 Å². The molecule has 0 saturated heterocycles. The summed E-state index contributed by atoms with van der Waals surface area (Å²) in [6.45, 7) is 6.46. The number of nitrogens with zero attached hydrogens (tertiary/aromatic N) is 3. The molecule has 2 heterocycles. The van der Waals surface area contributed by atoms with E-state index in [1.807, 2.05) is 18.4 Å². The van der Waals surface area contributed by atoms with Gasteiger partial charge in [0.15, 0.2) is 5.82 Å². The number of hydrogen-bond donors (Lipinski definition) is 2. The van der Waals surface area contributed by atoms with Gasteiger partial charge in [0, 0.05) is 19.9 Å². The van der Waals surface area contributed by atoms with E-state index in [2.05, 4.69) is 20.8 Å². The molecule has 0 fully saturated rings. The predicted molar refractivity (Wildman–Crippen MR) is 72.6 cm³/mol.